The van der Waals surface area contributed by atoms with Crippen LogP contribution in [-0.4, -0.2) is 42.0 Å². The summed E-state index contributed by atoms with van der Waals surface area (Å²) in [5.41, 5.74) is 0. The Bertz CT molecular complexity index is 301. The van der Waals surface area contributed by atoms with Gasteiger partial charge >= 0.3 is 6.18 Å². The van der Waals surface area contributed by atoms with E-state index in [9.17, 15) is 13.2 Å². The number of nitrogens with one attached hydrogen (secondary N) is 1. The fourth-order valence-electron chi connectivity index (χ4n) is 3.10. The molecule has 2 rings (SSSR count). The Balaban J connectivity index is 1.75. The summed E-state index contributed by atoms with van der Waals surface area (Å²) in [6, 6.07) is 0.813. The Hall–Kier alpha value is 0.0600. The third kappa shape index (κ3) is 5.45. The number of ether oxygens (including phenoxy) is 1. The summed E-state index contributed by atoms with van der Waals surface area (Å²) in [5, 5.41) is 4.25. The Morgan fingerprint density at radius 2 is 2.00 bits per heavy atom. The molecule has 0 aromatic rings. The second kappa shape index (κ2) is 7.36. The lowest BCUT2D eigenvalue weighted by Crippen LogP contribution is -2.47. The normalized spacial score (nSPS) is 36.0. The molecular formula is C14H24F3NOS. The van der Waals surface area contributed by atoms with Crippen molar-refractivity contribution in [2.45, 2.75) is 75.1 Å². The highest BCUT2D eigenvalue weighted by Gasteiger charge is 2.32. The number of hydrogen-bond acceptors (Lipinski definition) is 3. The molecule has 0 spiro atoms. The van der Waals surface area contributed by atoms with Crippen molar-refractivity contribution in [2.24, 2.45) is 0 Å². The molecule has 0 aromatic heterocycles. The highest BCUT2D eigenvalue weighted by atomic mass is 32.2. The van der Waals surface area contributed by atoms with Crippen LogP contribution >= 0.6 is 11.8 Å². The SMILES string of the molecule is CC1SCCCC1NC1CCCC(OCC(F)(F)F)C1. The van der Waals surface area contributed by atoms with Crippen molar-refractivity contribution in [1.82, 2.24) is 5.32 Å². The lowest BCUT2D eigenvalue weighted by atomic mass is 9.91. The van der Waals surface area contributed by atoms with E-state index in [2.05, 4.69) is 12.2 Å². The van der Waals surface area contributed by atoms with E-state index in [1.807, 2.05) is 11.8 Å². The Labute approximate surface area is 123 Å². The predicted octanol–water partition coefficient (Wildman–Crippen LogP) is 3.75. The molecule has 2 fully saturated rings. The summed E-state index contributed by atoms with van der Waals surface area (Å²) < 4.78 is 41.6. The molecule has 20 heavy (non-hydrogen) atoms. The molecule has 1 saturated heterocycles. The molecule has 0 amide bonds. The van der Waals surface area contributed by atoms with Gasteiger partial charge in [-0.1, -0.05) is 6.92 Å². The standard InChI is InChI=1S/C14H24F3NOS/c1-10-13(6-3-7-20-10)18-11-4-2-5-12(8-11)19-9-14(15,16)17/h10-13,18H,2-9H2,1H3. The van der Waals surface area contributed by atoms with Gasteiger partial charge in [0, 0.05) is 17.3 Å². The van der Waals surface area contributed by atoms with Gasteiger partial charge in [0.15, 0.2) is 0 Å². The quantitative estimate of drug-likeness (QED) is 0.854. The molecule has 0 bridgehead atoms. The van der Waals surface area contributed by atoms with Gasteiger partial charge in [-0.15, -0.1) is 0 Å². The highest BCUT2D eigenvalue weighted by Crippen LogP contribution is 2.28. The highest BCUT2D eigenvalue weighted by molar-refractivity contribution is 7.99. The van der Waals surface area contributed by atoms with Gasteiger partial charge in [0.2, 0.25) is 0 Å². The van der Waals surface area contributed by atoms with Crippen LogP contribution < -0.4 is 5.32 Å². The summed E-state index contributed by atoms with van der Waals surface area (Å²) in [6.45, 7) is 1.13. The molecule has 6 heteroatoms. The van der Waals surface area contributed by atoms with Crippen LogP contribution in [0.2, 0.25) is 0 Å². The predicted molar refractivity (Wildman–Crippen MR) is 76.1 cm³/mol. The topological polar surface area (TPSA) is 21.3 Å². The van der Waals surface area contributed by atoms with Gasteiger partial charge in [0.25, 0.3) is 0 Å². The number of hydrogen-bond donors (Lipinski definition) is 1. The lowest BCUT2D eigenvalue weighted by Gasteiger charge is -2.36. The zero-order chi connectivity index (χ0) is 14.6. The molecule has 4 unspecified atom stereocenters. The van der Waals surface area contributed by atoms with Gasteiger partial charge < -0.3 is 10.1 Å². The molecule has 0 aromatic carbocycles. The largest absolute Gasteiger partial charge is 0.411 e. The van der Waals surface area contributed by atoms with Gasteiger partial charge in [-0.2, -0.15) is 24.9 Å². The molecular weight excluding hydrogens is 287 g/mol. The Kier molecular flexibility index (Phi) is 6.05. The zero-order valence-corrected chi connectivity index (χ0v) is 12.7. The number of rotatable bonds is 4. The van der Waals surface area contributed by atoms with E-state index in [0.29, 0.717) is 23.8 Å². The Morgan fingerprint density at radius 1 is 1.20 bits per heavy atom. The van der Waals surface area contributed by atoms with Gasteiger partial charge in [-0.25, -0.2) is 0 Å². The van der Waals surface area contributed by atoms with Crippen LogP contribution in [0.25, 0.3) is 0 Å². The van der Waals surface area contributed by atoms with Crippen molar-refractivity contribution < 1.29 is 17.9 Å². The van der Waals surface area contributed by atoms with Gasteiger partial charge in [0.1, 0.15) is 6.61 Å². The molecule has 2 nitrogen and oxygen atoms in total. The Morgan fingerprint density at radius 3 is 2.70 bits per heavy atom. The van der Waals surface area contributed by atoms with E-state index in [1.165, 1.54) is 18.6 Å². The van der Waals surface area contributed by atoms with Crippen LogP contribution in [-0.2, 0) is 4.74 Å². The summed E-state index contributed by atoms with van der Waals surface area (Å²) in [7, 11) is 0. The number of alkyl halides is 3. The van der Waals surface area contributed by atoms with Gasteiger partial charge in [-0.05, 0) is 44.3 Å². The van der Waals surface area contributed by atoms with Crippen molar-refractivity contribution in [3.8, 4) is 0 Å². The first-order chi connectivity index (χ1) is 9.44. The monoisotopic (exact) mass is 311 g/mol. The molecule has 1 saturated carbocycles. The number of halogens is 3. The summed E-state index contributed by atoms with van der Waals surface area (Å²) in [6.07, 6.45) is 1.43. The summed E-state index contributed by atoms with van der Waals surface area (Å²) in [5.74, 6) is 1.22. The van der Waals surface area contributed by atoms with Crippen molar-refractivity contribution in [3.63, 3.8) is 0 Å². The van der Waals surface area contributed by atoms with Crippen molar-refractivity contribution in [3.05, 3.63) is 0 Å². The molecule has 1 N–H and O–H groups in total. The maximum atomic E-state index is 12.2. The van der Waals surface area contributed by atoms with E-state index >= 15 is 0 Å². The van der Waals surface area contributed by atoms with Crippen molar-refractivity contribution >= 4 is 11.8 Å². The van der Waals surface area contributed by atoms with Crippen LogP contribution in [0.15, 0.2) is 0 Å². The van der Waals surface area contributed by atoms with Crippen molar-refractivity contribution in [2.75, 3.05) is 12.4 Å². The summed E-state index contributed by atoms with van der Waals surface area (Å²) in [4.78, 5) is 0. The lowest BCUT2D eigenvalue weighted by molar-refractivity contribution is -0.188. The molecule has 0 radical (unpaired) electrons. The van der Waals surface area contributed by atoms with Gasteiger partial charge in [0.05, 0.1) is 6.10 Å². The van der Waals surface area contributed by atoms with Crippen LogP contribution in [0.3, 0.4) is 0 Å². The third-order valence-corrected chi connectivity index (χ3v) is 5.54. The van der Waals surface area contributed by atoms with Crippen LogP contribution in [0.4, 0.5) is 13.2 Å². The minimum Gasteiger partial charge on any atom is -0.369 e. The van der Waals surface area contributed by atoms with Crippen molar-refractivity contribution in [1.29, 1.82) is 0 Å². The average Bonchev–Trinajstić information content (AvgIpc) is 2.39. The summed E-state index contributed by atoms with van der Waals surface area (Å²) >= 11 is 1.99. The minimum atomic E-state index is -4.21. The van der Waals surface area contributed by atoms with Crippen LogP contribution in [0, 0.1) is 0 Å². The van der Waals surface area contributed by atoms with E-state index in [0.717, 1.165) is 19.3 Å². The fraction of sp³-hybridized carbons (Fsp3) is 1.00. The minimum absolute atomic E-state index is 0.241. The van der Waals surface area contributed by atoms with Crippen LogP contribution in [0.5, 0.6) is 0 Å². The fourth-order valence-corrected chi connectivity index (χ4v) is 4.26. The van der Waals surface area contributed by atoms with E-state index < -0.39 is 12.8 Å². The molecule has 1 heterocycles. The van der Waals surface area contributed by atoms with Gasteiger partial charge in [-0.3, -0.25) is 0 Å². The molecule has 2 aliphatic rings. The third-order valence-electron chi connectivity index (χ3n) is 4.17. The molecule has 1 aliphatic carbocycles. The first kappa shape index (κ1) is 16.4. The molecule has 1 aliphatic heterocycles. The first-order valence-corrected chi connectivity index (χ1v) is 8.55. The number of thioether (sulfide) groups is 1. The second-order valence-corrected chi connectivity index (χ2v) is 7.39. The van der Waals surface area contributed by atoms with Crippen LogP contribution in [0.1, 0.15) is 45.4 Å². The molecule has 118 valence electrons. The molecule has 4 atom stereocenters. The maximum Gasteiger partial charge on any atom is 0.411 e. The van der Waals surface area contributed by atoms with E-state index in [4.69, 9.17) is 4.74 Å². The maximum absolute atomic E-state index is 12.2. The zero-order valence-electron chi connectivity index (χ0n) is 11.9. The average molecular weight is 311 g/mol. The smallest absolute Gasteiger partial charge is 0.369 e. The van der Waals surface area contributed by atoms with E-state index in [1.54, 1.807) is 0 Å². The van der Waals surface area contributed by atoms with E-state index in [-0.39, 0.29) is 6.10 Å². The first-order valence-electron chi connectivity index (χ1n) is 7.50. The second-order valence-electron chi connectivity index (χ2n) is 5.90.